The van der Waals surface area contributed by atoms with Crippen LogP contribution in [0.2, 0.25) is 0 Å². The molecule has 3 N–H and O–H groups in total. The maximum Gasteiger partial charge on any atom is 0.191 e. The smallest absolute Gasteiger partial charge is 0.191 e. The summed E-state index contributed by atoms with van der Waals surface area (Å²) in [6.45, 7) is 9.97. The molecule has 1 aliphatic heterocycles. The zero-order chi connectivity index (χ0) is 16.9. The van der Waals surface area contributed by atoms with E-state index in [2.05, 4.69) is 25.7 Å². The second kappa shape index (κ2) is 9.55. The molecular weight excluding hydrogens is 419 g/mol. The molecular formula is C16H31IN6O. The van der Waals surface area contributed by atoms with Gasteiger partial charge in [0, 0.05) is 19.0 Å². The van der Waals surface area contributed by atoms with Crippen molar-refractivity contribution in [1.29, 1.82) is 0 Å². The van der Waals surface area contributed by atoms with Gasteiger partial charge in [-0.15, -0.1) is 24.0 Å². The predicted octanol–water partition coefficient (Wildman–Crippen LogP) is 1.63. The minimum atomic E-state index is -0.717. The average Bonchev–Trinajstić information content (AvgIpc) is 2.92. The number of halogens is 1. The number of aliphatic imine (C=N–C) groups is 1. The van der Waals surface area contributed by atoms with Crippen LogP contribution < -0.4 is 10.6 Å². The Morgan fingerprint density at radius 3 is 2.71 bits per heavy atom. The molecule has 7 nitrogen and oxygen atoms in total. The highest BCUT2D eigenvalue weighted by Gasteiger charge is 2.24. The van der Waals surface area contributed by atoms with E-state index in [1.165, 1.54) is 0 Å². The van der Waals surface area contributed by atoms with Crippen LogP contribution in [-0.2, 0) is 13.0 Å². The van der Waals surface area contributed by atoms with E-state index in [-0.39, 0.29) is 30.0 Å². The maximum atomic E-state index is 10.4. The highest BCUT2D eigenvalue weighted by molar-refractivity contribution is 14.0. The summed E-state index contributed by atoms with van der Waals surface area (Å²) in [5.41, 5.74) is -0.717. The number of nitrogens with one attached hydrogen (secondary N) is 2. The van der Waals surface area contributed by atoms with Gasteiger partial charge in [-0.05, 0) is 33.1 Å². The largest absolute Gasteiger partial charge is 0.388 e. The van der Waals surface area contributed by atoms with E-state index < -0.39 is 5.60 Å². The molecule has 0 radical (unpaired) electrons. The molecule has 2 heterocycles. The number of hydrogen-bond acceptors (Lipinski definition) is 4. The van der Waals surface area contributed by atoms with Gasteiger partial charge in [-0.3, -0.25) is 4.99 Å². The molecule has 0 saturated heterocycles. The summed E-state index contributed by atoms with van der Waals surface area (Å²) in [5, 5.41) is 21.6. The van der Waals surface area contributed by atoms with Crippen molar-refractivity contribution in [3.8, 4) is 0 Å². The number of nitrogens with zero attached hydrogens (tertiary/aromatic N) is 4. The summed E-state index contributed by atoms with van der Waals surface area (Å²) in [7, 11) is 0. The van der Waals surface area contributed by atoms with Gasteiger partial charge in [0.05, 0.1) is 18.7 Å². The van der Waals surface area contributed by atoms with Gasteiger partial charge in [0.2, 0.25) is 0 Å². The lowest BCUT2D eigenvalue weighted by atomic mass is 9.98. The fraction of sp³-hybridized carbons (Fsp3) is 0.812. The van der Waals surface area contributed by atoms with E-state index in [0.29, 0.717) is 19.4 Å². The van der Waals surface area contributed by atoms with Crippen LogP contribution in [0.1, 0.15) is 51.7 Å². The number of guanidine groups is 1. The van der Waals surface area contributed by atoms with Gasteiger partial charge in [-0.2, -0.15) is 5.10 Å². The van der Waals surface area contributed by atoms with Crippen molar-refractivity contribution >= 4 is 29.9 Å². The van der Waals surface area contributed by atoms with Crippen molar-refractivity contribution in [2.45, 2.75) is 71.6 Å². The number of fused-ring (bicyclic) bond motifs is 1. The van der Waals surface area contributed by atoms with Crippen LogP contribution in [0.3, 0.4) is 0 Å². The monoisotopic (exact) mass is 450 g/mol. The first kappa shape index (κ1) is 21.1. The predicted molar refractivity (Wildman–Crippen MR) is 107 cm³/mol. The fourth-order valence-corrected chi connectivity index (χ4v) is 2.76. The number of aliphatic hydroxyl groups is 1. The summed E-state index contributed by atoms with van der Waals surface area (Å²) in [6.07, 6.45) is 3.34. The Balaban J connectivity index is 0.00000288. The van der Waals surface area contributed by atoms with E-state index >= 15 is 0 Å². The molecule has 1 aromatic heterocycles. The van der Waals surface area contributed by atoms with E-state index in [0.717, 1.165) is 43.5 Å². The first-order valence-corrected chi connectivity index (χ1v) is 8.67. The lowest BCUT2D eigenvalue weighted by Gasteiger charge is -2.27. The molecule has 138 valence electrons. The lowest BCUT2D eigenvalue weighted by molar-refractivity contribution is 0.0417. The van der Waals surface area contributed by atoms with Gasteiger partial charge < -0.3 is 15.7 Å². The van der Waals surface area contributed by atoms with E-state index in [4.69, 9.17) is 0 Å². The molecule has 8 heteroatoms. The topological polar surface area (TPSA) is 87.4 Å². The van der Waals surface area contributed by atoms with Crippen molar-refractivity contribution in [3.63, 3.8) is 0 Å². The van der Waals surface area contributed by atoms with Crippen LogP contribution in [-0.4, -0.2) is 50.6 Å². The zero-order valence-electron chi connectivity index (χ0n) is 15.2. The van der Waals surface area contributed by atoms with Crippen LogP contribution >= 0.6 is 24.0 Å². The van der Waals surface area contributed by atoms with Crippen LogP contribution in [0.4, 0.5) is 0 Å². The van der Waals surface area contributed by atoms with Crippen LogP contribution in [0.15, 0.2) is 4.99 Å². The molecule has 2 rings (SSSR count). The molecule has 0 fully saturated rings. The maximum absolute atomic E-state index is 10.4. The van der Waals surface area contributed by atoms with E-state index in [9.17, 15) is 5.11 Å². The second-order valence-electron chi connectivity index (χ2n) is 6.26. The van der Waals surface area contributed by atoms with Crippen molar-refractivity contribution in [2.24, 2.45) is 4.99 Å². The highest BCUT2D eigenvalue weighted by Crippen LogP contribution is 2.15. The Bertz CT molecular complexity index is 541. The van der Waals surface area contributed by atoms with Gasteiger partial charge in [0.15, 0.2) is 5.96 Å². The van der Waals surface area contributed by atoms with Gasteiger partial charge in [0.25, 0.3) is 0 Å². The van der Waals surface area contributed by atoms with Gasteiger partial charge in [-0.25, -0.2) is 9.67 Å². The minimum Gasteiger partial charge on any atom is -0.388 e. The Kier molecular flexibility index (Phi) is 8.41. The SMILES string of the molecule is CCNC(=NCC(O)(CC)CC)NC1CCc2nc(C)nn2C1.I. The Hall–Kier alpha value is -0.900. The fourth-order valence-electron chi connectivity index (χ4n) is 2.76. The number of aryl methyl sites for hydroxylation is 2. The molecule has 0 saturated carbocycles. The Labute approximate surface area is 161 Å². The van der Waals surface area contributed by atoms with Crippen LogP contribution in [0.25, 0.3) is 0 Å². The summed E-state index contributed by atoms with van der Waals surface area (Å²) < 4.78 is 1.98. The van der Waals surface area contributed by atoms with Crippen molar-refractivity contribution in [3.05, 3.63) is 11.6 Å². The van der Waals surface area contributed by atoms with Gasteiger partial charge >= 0.3 is 0 Å². The third kappa shape index (κ3) is 5.58. The van der Waals surface area contributed by atoms with Crippen molar-refractivity contribution < 1.29 is 5.11 Å². The summed E-state index contributed by atoms with van der Waals surface area (Å²) >= 11 is 0. The van der Waals surface area contributed by atoms with Gasteiger partial charge in [0.1, 0.15) is 11.6 Å². The number of aromatic nitrogens is 3. The first-order valence-electron chi connectivity index (χ1n) is 8.67. The number of rotatable bonds is 6. The molecule has 0 amide bonds. The summed E-state index contributed by atoms with van der Waals surface area (Å²) in [4.78, 5) is 9.02. The summed E-state index contributed by atoms with van der Waals surface area (Å²) in [5.74, 6) is 2.66. The second-order valence-corrected chi connectivity index (χ2v) is 6.26. The third-order valence-corrected chi connectivity index (χ3v) is 4.50. The Morgan fingerprint density at radius 2 is 2.08 bits per heavy atom. The average molecular weight is 450 g/mol. The quantitative estimate of drug-likeness (QED) is 0.349. The highest BCUT2D eigenvalue weighted by atomic mass is 127. The van der Waals surface area contributed by atoms with Gasteiger partial charge in [-0.1, -0.05) is 13.8 Å². The standard InChI is InChI=1S/C16H30N6O.HI/c1-5-16(23,6-2)11-18-15(17-7-3)20-13-8-9-14-19-12(4)21-22(14)10-13;/h13,23H,5-11H2,1-4H3,(H2,17,18,20);1H. The zero-order valence-corrected chi connectivity index (χ0v) is 17.5. The Morgan fingerprint density at radius 1 is 1.38 bits per heavy atom. The third-order valence-electron chi connectivity index (χ3n) is 4.50. The molecule has 0 spiro atoms. The van der Waals surface area contributed by atoms with Crippen molar-refractivity contribution in [2.75, 3.05) is 13.1 Å². The molecule has 1 unspecified atom stereocenters. The van der Waals surface area contributed by atoms with E-state index in [1.54, 1.807) is 0 Å². The molecule has 0 aliphatic carbocycles. The first-order chi connectivity index (χ1) is 11.0. The molecule has 1 atom stereocenters. The molecule has 1 aromatic rings. The molecule has 24 heavy (non-hydrogen) atoms. The minimum absolute atomic E-state index is 0. The van der Waals surface area contributed by atoms with Crippen LogP contribution in [0.5, 0.6) is 0 Å². The molecule has 0 aromatic carbocycles. The van der Waals surface area contributed by atoms with Crippen molar-refractivity contribution in [1.82, 2.24) is 25.4 Å². The van der Waals surface area contributed by atoms with E-state index in [1.807, 2.05) is 32.4 Å². The summed E-state index contributed by atoms with van der Waals surface area (Å²) in [6, 6.07) is 0.276. The number of hydrogen-bond donors (Lipinski definition) is 3. The molecule has 0 bridgehead atoms. The van der Waals surface area contributed by atoms with Crippen LogP contribution in [0, 0.1) is 6.92 Å². The lowest BCUT2D eigenvalue weighted by Crippen LogP contribution is -2.47. The molecule has 1 aliphatic rings. The normalized spacial score (nSPS) is 17.9.